The molecule has 1 aliphatic heterocycles. The second-order valence-electron chi connectivity index (χ2n) is 5.44. The fourth-order valence-corrected chi connectivity index (χ4v) is 2.55. The maximum Gasteiger partial charge on any atom is 0.353 e. The van der Waals surface area contributed by atoms with Gasteiger partial charge in [-0.1, -0.05) is 0 Å². The van der Waals surface area contributed by atoms with Crippen LogP contribution < -0.4 is 16.0 Å². The van der Waals surface area contributed by atoms with Gasteiger partial charge in [-0.2, -0.15) is 9.97 Å². The summed E-state index contributed by atoms with van der Waals surface area (Å²) in [7, 11) is 1.58. The van der Waals surface area contributed by atoms with Gasteiger partial charge in [-0.3, -0.25) is 10.1 Å². The van der Waals surface area contributed by atoms with E-state index < -0.39 is 4.92 Å². The van der Waals surface area contributed by atoms with E-state index in [2.05, 4.69) is 15.3 Å². The molecule has 128 valence electrons. The fourth-order valence-electron chi connectivity index (χ4n) is 2.55. The molecule has 2 atom stereocenters. The number of morpholine rings is 1. The Morgan fingerprint density at radius 3 is 2.65 bits per heavy atom. The van der Waals surface area contributed by atoms with Crippen molar-refractivity contribution in [2.75, 3.05) is 49.3 Å². The third-order valence-electron chi connectivity index (χ3n) is 3.38. The summed E-state index contributed by atoms with van der Waals surface area (Å²) >= 11 is 0. The van der Waals surface area contributed by atoms with Crippen molar-refractivity contribution in [2.45, 2.75) is 26.1 Å². The summed E-state index contributed by atoms with van der Waals surface area (Å²) < 4.78 is 10.6. The topological polar surface area (TPSA) is 129 Å². The van der Waals surface area contributed by atoms with Gasteiger partial charge in [0.25, 0.3) is 0 Å². The van der Waals surface area contributed by atoms with E-state index in [1.807, 2.05) is 18.7 Å². The zero-order chi connectivity index (χ0) is 17.0. The highest BCUT2D eigenvalue weighted by Gasteiger charge is 2.31. The van der Waals surface area contributed by atoms with Crippen LogP contribution in [0.5, 0.6) is 0 Å². The van der Waals surface area contributed by atoms with Gasteiger partial charge in [0.2, 0.25) is 17.6 Å². The standard InChI is InChI=1S/C13H22N6O4/c1-8-6-18(7-9(2)23-8)12-10(19(20)21)11(14)16-13(17-12)15-4-5-22-3/h8-9H,4-7H2,1-3H3,(H3,14,15,16,17)/t8-,9-/m1/s1. The Morgan fingerprint density at radius 2 is 2.09 bits per heavy atom. The number of rotatable bonds is 6. The maximum atomic E-state index is 11.4. The van der Waals surface area contributed by atoms with Crippen LogP contribution in [0, 0.1) is 10.1 Å². The Morgan fingerprint density at radius 1 is 1.43 bits per heavy atom. The van der Waals surface area contributed by atoms with E-state index in [-0.39, 0.29) is 35.5 Å². The van der Waals surface area contributed by atoms with Crippen LogP contribution in [0.25, 0.3) is 0 Å². The van der Waals surface area contributed by atoms with Gasteiger partial charge >= 0.3 is 5.69 Å². The SMILES string of the molecule is COCCNc1nc(N)c([N+](=O)[O-])c(N2C[C@@H](C)O[C@H](C)C2)n1. The highest BCUT2D eigenvalue weighted by Crippen LogP contribution is 2.33. The number of aromatic nitrogens is 2. The summed E-state index contributed by atoms with van der Waals surface area (Å²) in [6.45, 7) is 5.76. The van der Waals surface area contributed by atoms with E-state index in [1.165, 1.54) is 0 Å². The number of ether oxygens (including phenoxy) is 2. The van der Waals surface area contributed by atoms with Crippen molar-refractivity contribution in [3.05, 3.63) is 10.1 Å². The number of nitrogens with one attached hydrogen (secondary N) is 1. The van der Waals surface area contributed by atoms with E-state index in [9.17, 15) is 10.1 Å². The quantitative estimate of drug-likeness (QED) is 0.439. The molecule has 1 saturated heterocycles. The van der Waals surface area contributed by atoms with Crippen LogP contribution in [0.1, 0.15) is 13.8 Å². The molecule has 1 fully saturated rings. The number of nitrogens with zero attached hydrogens (tertiary/aromatic N) is 4. The van der Waals surface area contributed by atoms with Crippen LogP contribution >= 0.6 is 0 Å². The van der Waals surface area contributed by atoms with E-state index in [0.717, 1.165) is 0 Å². The van der Waals surface area contributed by atoms with Crippen molar-refractivity contribution in [3.8, 4) is 0 Å². The van der Waals surface area contributed by atoms with Gasteiger partial charge in [-0.05, 0) is 13.8 Å². The predicted octanol–water partition coefficient (Wildman–Crippen LogP) is 0.639. The zero-order valence-electron chi connectivity index (χ0n) is 13.5. The molecule has 23 heavy (non-hydrogen) atoms. The molecule has 10 nitrogen and oxygen atoms in total. The second kappa shape index (κ2) is 7.38. The average molecular weight is 326 g/mol. The van der Waals surface area contributed by atoms with Gasteiger partial charge in [0.1, 0.15) is 0 Å². The molecule has 0 amide bonds. The van der Waals surface area contributed by atoms with Gasteiger partial charge in [-0.15, -0.1) is 0 Å². The third-order valence-corrected chi connectivity index (χ3v) is 3.38. The lowest BCUT2D eigenvalue weighted by Gasteiger charge is -2.35. The molecule has 1 aromatic heterocycles. The number of nitro groups is 1. The molecular formula is C13H22N6O4. The molecule has 1 aliphatic rings. The number of hydrogen-bond acceptors (Lipinski definition) is 9. The van der Waals surface area contributed by atoms with Crippen molar-refractivity contribution >= 4 is 23.3 Å². The van der Waals surface area contributed by atoms with Crippen LogP contribution in [0.2, 0.25) is 0 Å². The molecule has 1 aromatic rings. The highest BCUT2D eigenvalue weighted by molar-refractivity contribution is 5.71. The van der Waals surface area contributed by atoms with Crippen molar-refractivity contribution in [3.63, 3.8) is 0 Å². The monoisotopic (exact) mass is 326 g/mol. The Labute approximate surface area is 134 Å². The molecule has 3 N–H and O–H groups in total. The van der Waals surface area contributed by atoms with Gasteiger partial charge in [0.05, 0.1) is 23.7 Å². The summed E-state index contributed by atoms with van der Waals surface area (Å²) in [4.78, 5) is 20.9. The van der Waals surface area contributed by atoms with Gasteiger partial charge in [0, 0.05) is 26.7 Å². The second-order valence-corrected chi connectivity index (χ2v) is 5.44. The van der Waals surface area contributed by atoms with Gasteiger partial charge in [-0.25, -0.2) is 0 Å². The number of methoxy groups -OCH3 is 1. The lowest BCUT2D eigenvalue weighted by molar-refractivity contribution is -0.383. The summed E-state index contributed by atoms with van der Waals surface area (Å²) in [6, 6.07) is 0. The molecule has 0 aliphatic carbocycles. The van der Waals surface area contributed by atoms with Crippen LogP contribution in [-0.4, -0.2) is 60.5 Å². The lowest BCUT2D eigenvalue weighted by Crippen LogP contribution is -2.46. The Hall–Kier alpha value is -2.20. The van der Waals surface area contributed by atoms with Gasteiger partial charge in [0.15, 0.2) is 0 Å². The van der Waals surface area contributed by atoms with Crippen LogP contribution in [-0.2, 0) is 9.47 Å². The smallest absolute Gasteiger partial charge is 0.353 e. The molecule has 10 heteroatoms. The first-order valence-electron chi connectivity index (χ1n) is 7.37. The predicted molar refractivity (Wildman–Crippen MR) is 85.7 cm³/mol. The molecule has 0 bridgehead atoms. The first-order valence-corrected chi connectivity index (χ1v) is 7.37. The first-order chi connectivity index (χ1) is 10.9. The van der Waals surface area contributed by atoms with Crippen LogP contribution in [0.4, 0.5) is 23.3 Å². The van der Waals surface area contributed by atoms with E-state index in [4.69, 9.17) is 15.2 Å². The number of hydrogen-bond donors (Lipinski definition) is 2. The maximum absolute atomic E-state index is 11.4. The van der Waals surface area contributed by atoms with Crippen LogP contribution in [0.3, 0.4) is 0 Å². The minimum atomic E-state index is -0.547. The Balaban J connectivity index is 2.35. The van der Waals surface area contributed by atoms with Crippen molar-refractivity contribution in [1.82, 2.24) is 9.97 Å². The molecular weight excluding hydrogens is 304 g/mol. The highest BCUT2D eigenvalue weighted by atomic mass is 16.6. The third kappa shape index (κ3) is 4.17. The first kappa shape index (κ1) is 17.2. The largest absolute Gasteiger partial charge is 0.383 e. The van der Waals surface area contributed by atoms with Crippen LogP contribution in [0.15, 0.2) is 0 Å². The lowest BCUT2D eigenvalue weighted by atomic mass is 10.2. The summed E-state index contributed by atoms with van der Waals surface area (Å²) in [6.07, 6.45) is -0.112. The fraction of sp³-hybridized carbons (Fsp3) is 0.692. The Kier molecular flexibility index (Phi) is 5.50. The molecule has 0 aromatic carbocycles. The molecule has 0 spiro atoms. The molecule has 2 rings (SSSR count). The van der Waals surface area contributed by atoms with E-state index >= 15 is 0 Å². The van der Waals surface area contributed by atoms with E-state index in [1.54, 1.807) is 7.11 Å². The van der Waals surface area contributed by atoms with Gasteiger partial charge < -0.3 is 25.4 Å². The number of nitrogen functional groups attached to an aromatic ring is 1. The summed E-state index contributed by atoms with van der Waals surface area (Å²) in [5, 5.41) is 14.3. The zero-order valence-corrected chi connectivity index (χ0v) is 13.5. The normalized spacial score (nSPS) is 21.3. The molecule has 0 saturated carbocycles. The number of anilines is 3. The molecule has 0 radical (unpaired) electrons. The molecule has 0 unspecified atom stereocenters. The summed E-state index contributed by atoms with van der Waals surface area (Å²) in [5.41, 5.74) is 5.51. The number of nitrogens with two attached hydrogens (primary N) is 1. The minimum absolute atomic E-state index is 0.0561. The Bertz CT molecular complexity index is 560. The van der Waals surface area contributed by atoms with Crippen molar-refractivity contribution in [1.29, 1.82) is 0 Å². The van der Waals surface area contributed by atoms with Crippen molar-refractivity contribution < 1.29 is 14.4 Å². The van der Waals surface area contributed by atoms with Crippen molar-refractivity contribution in [2.24, 2.45) is 0 Å². The summed E-state index contributed by atoms with van der Waals surface area (Å²) in [5.74, 6) is 0.295. The van der Waals surface area contributed by atoms with E-state index in [0.29, 0.717) is 26.2 Å². The average Bonchev–Trinajstić information content (AvgIpc) is 2.45. The minimum Gasteiger partial charge on any atom is -0.383 e. The molecule has 2 heterocycles.